The van der Waals surface area contributed by atoms with Gasteiger partial charge in [-0.15, -0.1) is 0 Å². The van der Waals surface area contributed by atoms with Crippen LogP contribution in [0.4, 0.5) is 0 Å². The van der Waals surface area contributed by atoms with E-state index in [1.165, 1.54) is 0 Å². The molecule has 2 rings (SSSR count). The summed E-state index contributed by atoms with van der Waals surface area (Å²) < 4.78 is 5.16. The van der Waals surface area contributed by atoms with Gasteiger partial charge in [-0.2, -0.15) is 0 Å². The highest BCUT2D eigenvalue weighted by atomic mass is 32.1. The molecule has 5 nitrogen and oxygen atoms in total. The SMILES string of the molecule is Cc1noc(C)c1C(C)NC(=O)C1(C(N)=S)CCCCC1. The molecule has 1 aliphatic rings. The summed E-state index contributed by atoms with van der Waals surface area (Å²) in [5.41, 5.74) is 6.93. The van der Waals surface area contributed by atoms with Gasteiger partial charge in [-0.1, -0.05) is 36.6 Å². The third-order valence-corrected chi connectivity index (χ3v) is 4.87. The molecule has 116 valence electrons. The van der Waals surface area contributed by atoms with Crippen LogP contribution in [-0.2, 0) is 4.79 Å². The van der Waals surface area contributed by atoms with Crippen LogP contribution in [0.5, 0.6) is 0 Å². The Morgan fingerprint density at radius 2 is 2.00 bits per heavy atom. The number of carbonyl (C=O) groups is 1. The fraction of sp³-hybridized carbons (Fsp3) is 0.667. The molecule has 0 bridgehead atoms. The van der Waals surface area contributed by atoms with Gasteiger partial charge in [0, 0.05) is 5.56 Å². The molecule has 0 aliphatic heterocycles. The Hall–Kier alpha value is -1.43. The highest BCUT2D eigenvalue weighted by Crippen LogP contribution is 2.37. The first kappa shape index (κ1) is 15.9. The lowest BCUT2D eigenvalue weighted by atomic mass is 9.73. The molecule has 3 N–H and O–H groups in total. The number of rotatable bonds is 4. The van der Waals surface area contributed by atoms with E-state index in [1.807, 2.05) is 20.8 Å². The topological polar surface area (TPSA) is 81.2 Å². The zero-order chi connectivity index (χ0) is 15.6. The van der Waals surface area contributed by atoms with E-state index in [0.29, 0.717) is 4.99 Å². The molecule has 1 unspecified atom stereocenters. The maximum absolute atomic E-state index is 12.8. The second kappa shape index (κ2) is 6.13. The van der Waals surface area contributed by atoms with Crippen LogP contribution in [0.15, 0.2) is 4.52 Å². The van der Waals surface area contributed by atoms with E-state index < -0.39 is 5.41 Å². The Balaban J connectivity index is 2.18. The highest BCUT2D eigenvalue weighted by molar-refractivity contribution is 7.80. The Labute approximate surface area is 130 Å². The van der Waals surface area contributed by atoms with Gasteiger partial charge in [-0.3, -0.25) is 4.79 Å². The molecule has 1 aliphatic carbocycles. The highest BCUT2D eigenvalue weighted by Gasteiger charge is 2.43. The fourth-order valence-electron chi connectivity index (χ4n) is 3.26. The van der Waals surface area contributed by atoms with E-state index in [4.69, 9.17) is 22.5 Å². The molecule has 1 amide bonds. The Morgan fingerprint density at radius 1 is 1.38 bits per heavy atom. The minimum Gasteiger partial charge on any atom is -0.392 e. The van der Waals surface area contributed by atoms with E-state index in [1.54, 1.807) is 0 Å². The minimum absolute atomic E-state index is 0.0674. The molecule has 0 radical (unpaired) electrons. The van der Waals surface area contributed by atoms with Gasteiger partial charge in [0.05, 0.1) is 22.1 Å². The second-order valence-electron chi connectivity index (χ2n) is 5.94. The lowest BCUT2D eigenvalue weighted by Crippen LogP contribution is -2.50. The Kier molecular flexibility index (Phi) is 4.66. The van der Waals surface area contributed by atoms with Crippen molar-refractivity contribution in [3.05, 3.63) is 17.0 Å². The van der Waals surface area contributed by atoms with Crippen LogP contribution in [0.25, 0.3) is 0 Å². The predicted molar refractivity (Wildman–Crippen MR) is 84.8 cm³/mol. The molecular formula is C15H23N3O2S. The van der Waals surface area contributed by atoms with Gasteiger partial charge in [0.15, 0.2) is 0 Å². The number of hydrogen-bond donors (Lipinski definition) is 2. The van der Waals surface area contributed by atoms with Crippen LogP contribution in [0, 0.1) is 19.3 Å². The summed E-state index contributed by atoms with van der Waals surface area (Å²) in [5.74, 6) is 0.663. The monoisotopic (exact) mass is 309 g/mol. The van der Waals surface area contributed by atoms with Crippen LogP contribution in [-0.4, -0.2) is 16.1 Å². The Bertz CT molecular complexity index is 528. The number of aromatic nitrogens is 1. The van der Waals surface area contributed by atoms with Gasteiger partial charge in [-0.05, 0) is 33.6 Å². The number of carbonyl (C=O) groups excluding carboxylic acids is 1. The lowest BCUT2D eigenvalue weighted by Gasteiger charge is -2.35. The van der Waals surface area contributed by atoms with Gasteiger partial charge in [0.1, 0.15) is 5.76 Å². The first-order valence-corrected chi connectivity index (χ1v) is 7.83. The van der Waals surface area contributed by atoms with Crippen molar-refractivity contribution >= 4 is 23.1 Å². The third kappa shape index (κ3) is 2.95. The maximum atomic E-state index is 12.8. The normalized spacial score (nSPS) is 19.0. The van der Waals surface area contributed by atoms with Gasteiger partial charge in [0.25, 0.3) is 0 Å². The molecule has 1 heterocycles. The summed E-state index contributed by atoms with van der Waals surface area (Å²) in [5, 5.41) is 6.98. The molecule has 1 atom stereocenters. The number of nitrogens with two attached hydrogens (primary N) is 1. The number of nitrogens with zero attached hydrogens (tertiary/aromatic N) is 1. The summed E-state index contributed by atoms with van der Waals surface area (Å²) >= 11 is 5.19. The number of hydrogen-bond acceptors (Lipinski definition) is 4. The molecule has 21 heavy (non-hydrogen) atoms. The molecule has 0 aromatic carbocycles. The molecular weight excluding hydrogens is 286 g/mol. The van der Waals surface area contributed by atoms with Crippen LogP contribution in [0.1, 0.15) is 62.1 Å². The van der Waals surface area contributed by atoms with E-state index in [9.17, 15) is 4.79 Å². The Morgan fingerprint density at radius 3 is 2.48 bits per heavy atom. The molecule has 1 saturated carbocycles. The van der Waals surface area contributed by atoms with Crippen molar-refractivity contribution in [1.29, 1.82) is 0 Å². The van der Waals surface area contributed by atoms with Crippen LogP contribution in [0.2, 0.25) is 0 Å². The van der Waals surface area contributed by atoms with Gasteiger partial charge < -0.3 is 15.6 Å². The number of aryl methyl sites for hydroxylation is 2. The average molecular weight is 309 g/mol. The number of thiocarbonyl (C=S) groups is 1. The lowest BCUT2D eigenvalue weighted by molar-refractivity contribution is -0.129. The molecule has 1 aromatic rings. The average Bonchev–Trinajstić information content (AvgIpc) is 2.78. The first-order valence-electron chi connectivity index (χ1n) is 7.42. The van der Waals surface area contributed by atoms with E-state index >= 15 is 0 Å². The summed E-state index contributed by atoms with van der Waals surface area (Å²) in [6.07, 6.45) is 4.59. The van der Waals surface area contributed by atoms with Crippen molar-refractivity contribution in [2.24, 2.45) is 11.1 Å². The molecule has 6 heteroatoms. The van der Waals surface area contributed by atoms with Crippen LogP contribution >= 0.6 is 12.2 Å². The van der Waals surface area contributed by atoms with Crippen molar-refractivity contribution in [3.63, 3.8) is 0 Å². The van der Waals surface area contributed by atoms with Crippen LogP contribution < -0.4 is 11.1 Å². The van der Waals surface area contributed by atoms with E-state index in [-0.39, 0.29) is 11.9 Å². The second-order valence-corrected chi connectivity index (χ2v) is 6.38. The zero-order valence-corrected chi connectivity index (χ0v) is 13.7. The fourth-order valence-corrected chi connectivity index (χ4v) is 3.55. The zero-order valence-electron chi connectivity index (χ0n) is 12.9. The van der Waals surface area contributed by atoms with Gasteiger partial charge in [0.2, 0.25) is 5.91 Å². The van der Waals surface area contributed by atoms with E-state index in [2.05, 4.69) is 10.5 Å². The summed E-state index contributed by atoms with van der Waals surface area (Å²) in [6.45, 7) is 5.65. The summed E-state index contributed by atoms with van der Waals surface area (Å²) in [4.78, 5) is 13.1. The third-order valence-electron chi connectivity index (χ3n) is 4.48. The maximum Gasteiger partial charge on any atom is 0.233 e. The molecule has 0 spiro atoms. The molecule has 0 saturated heterocycles. The first-order chi connectivity index (χ1) is 9.88. The van der Waals surface area contributed by atoms with Gasteiger partial charge >= 0.3 is 0 Å². The number of amides is 1. The van der Waals surface area contributed by atoms with E-state index in [0.717, 1.165) is 49.1 Å². The smallest absolute Gasteiger partial charge is 0.233 e. The predicted octanol–water partition coefficient (Wildman–Crippen LogP) is 2.71. The molecule has 1 aromatic heterocycles. The standard InChI is InChI=1S/C15H23N3O2S/c1-9(12-10(2)18-20-11(12)3)17-14(19)15(13(16)21)7-5-4-6-8-15/h9H,4-8H2,1-3H3,(H2,16,21)(H,17,19). The van der Waals surface area contributed by atoms with Crippen molar-refractivity contribution in [2.75, 3.05) is 0 Å². The minimum atomic E-state index is -0.694. The van der Waals surface area contributed by atoms with Crippen LogP contribution in [0.3, 0.4) is 0 Å². The van der Waals surface area contributed by atoms with Crippen molar-refractivity contribution < 1.29 is 9.32 Å². The molecule has 1 fully saturated rings. The van der Waals surface area contributed by atoms with Gasteiger partial charge in [-0.25, -0.2) is 0 Å². The largest absolute Gasteiger partial charge is 0.392 e. The van der Waals surface area contributed by atoms with Crippen molar-refractivity contribution in [3.8, 4) is 0 Å². The van der Waals surface area contributed by atoms with Crippen molar-refractivity contribution in [1.82, 2.24) is 10.5 Å². The summed E-state index contributed by atoms with van der Waals surface area (Å²) in [6, 6.07) is -0.170. The van der Waals surface area contributed by atoms with Crippen molar-refractivity contribution in [2.45, 2.75) is 58.9 Å². The quantitative estimate of drug-likeness (QED) is 0.836. The number of nitrogens with one attached hydrogen (secondary N) is 1. The summed E-state index contributed by atoms with van der Waals surface area (Å²) in [7, 11) is 0.